The number of hydrogen-bond acceptors (Lipinski definition) is 3. The highest BCUT2D eigenvalue weighted by atomic mass is 35.5. The molecule has 0 aliphatic carbocycles. The minimum atomic E-state index is -0.885. The van der Waals surface area contributed by atoms with Crippen LogP contribution in [0.2, 0.25) is 10.0 Å². The first kappa shape index (κ1) is 20.7. The molecular formula is C22H20Cl2N2O4. The summed E-state index contributed by atoms with van der Waals surface area (Å²) in [5, 5.41) is 13.7. The van der Waals surface area contributed by atoms with Gasteiger partial charge in [-0.25, -0.2) is 0 Å². The van der Waals surface area contributed by atoms with Gasteiger partial charge in [0.25, 0.3) is 5.91 Å². The van der Waals surface area contributed by atoms with Gasteiger partial charge < -0.3 is 19.7 Å². The predicted molar refractivity (Wildman–Crippen MR) is 115 cm³/mol. The van der Waals surface area contributed by atoms with E-state index in [9.17, 15) is 9.59 Å². The van der Waals surface area contributed by atoms with Gasteiger partial charge >= 0.3 is 5.97 Å². The van der Waals surface area contributed by atoms with Crippen molar-refractivity contribution < 1.29 is 19.4 Å². The number of hydrogen-bond donors (Lipinski definition) is 2. The molecule has 1 atom stereocenters. The lowest BCUT2D eigenvalue weighted by Crippen LogP contribution is -2.47. The second-order valence-corrected chi connectivity index (χ2v) is 8.27. The lowest BCUT2D eigenvalue weighted by Gasteiger charge is -2.29. The SMILES string of the molecule is Cn1c(C(=O)N[C@@]2(c3ccc(CC(=O)O)cc3)CCOC2)cc2c(Cl)c(Cl)ccc21. The molecule has 3 aromatic rings. The molecule has 0 bridgehead atoms. The first-order valence-electron chi connectivity index (χ1n) is 9.46. The summed E-state index contributed by atoms with van der Waals surface area (Å²) in [4.78, 5) is 24.2. The second kappa shape index (κ2) is 7.95. The minimum absolute atomic E-state index is 0.0462. The Kier molecular flexibility index (Phi) is 5.49. The molecule has 4 rings (SSSR count). The van der Waals surface area contributed by atoms with Crippen molar-refractivity contribution >= 4 is 46.0 Å². The van der Waals surface area contributed by atoms with Gasteiger partial charge in [0.2, 0.25) is 0 Å². The van der Waals surface area contributed by atoms with Crippen LogP contribution in [0.5, 0.6) is 0 Å². The Labute approximate surface area is 183 Å². The number of aromatic nitrogens is 1. The lowest BCUT2D eigenvalue weighted by molar-refractivity contribution is -0.136. The summed E-state index contributed by atoms with van der Waals surface area (Å²) in [6.45, 7) is 0.862. The van der Waals surface area contributed by atoms with Crippen LogP contribution in [0.1, 0.15) is 28.0 Å². The molecule has 2 aromatic carbocycles. The standard InChI is InChI=1S/C22H20Cl2N2O4/c1-26-17-7-6-16(23)20(24)15(17)11-18(26)21(29)25-22(8-9-30-12-22)14-4-2-13(3-5-14)10-19(27)28/h2-7,11H,8-10,12H2,1H3,(H,25,29)(H,27,28)/t22-/m0/s1. The van der Waals surface area contributed by atoms with E-state index < -0.39 is 11.5 Å². The van der Waals surface area contributed by atoms with E-state index in [0.29, 0.717) is 46.3 Å². The van der Waals surface area contributed by atoms with Crippen LogP contribution < -0.4 is 5.32 Å². The number of halogens is 2. The van der Waals surface area contributed by atoms with Gasteiger partial charge in [0, 0.05) is 31.0 Å². The lowest BCUT2D eigenvalue weighted by atomic mass is 9.88. The predicted octanol–water partition coefficient (Wildman–Crippen LogP) is 4.16. The van der Waals surface area contributed by atoms with Crippen LogP contribution in [0.3, 0.4) is 0 Å². The molecule has 2 N–H and O–H groups in total. The van der Waals surface area contributed by atoms with Crippen molar-refractivity contribution in [3.63, 3.8) is 0 Å². The molecule has 30 heavy (non-hydrogen) atoms. The Hall–Kier alpha value is -2.54. The molecule has 1 aromatic heterocycles. The summed E-state index contributed by atoms with van der Waals surface area (Å²) >= 11 is 12.4. The molecule has 0 unspecified atom stereocenters. The van der Waals surface area contributed by atoms with E-state index in [4.69, 9.17) is 33.0 Å². The van der Waals surface area contributed by atoms with Crippen LogP contribution in [0.4, 0.5) is 0 Å². The molecule has 6 nitrogen and oxygen atoms in total. The van der Waals surface area contributed by atoms with Gasteiger partial charge in [0.15, 0.2) is 0 Å². The van der Waals surface area contributed by atoms with Gasteiger partial charge in [0.05, 0.1) is 28.6 Å². The van der Waals surface area contributed by atoms with Crippen LogP contribution in [0, 0.1) is 0 Å². The Morgan fingerprint density at radius 3 is 2.57 bits per heavy atom. The van der Waals surface area contributed by atoms with E-state index in [0.717, 1.165) is 11.1 Å². The number of carboxylic acid groups (broad SMARTS) is 1. The summed E-state index contributed by atoms with van der Waals surface area (Å²) in [6, 6.07) is 12.5. The fourth-order valence-electron chi connectivity index (χ4n) is 3.93. The first-order chi connectivity index (χ1) is 14.3. The normalized spacial score (nSPS) is 18.6. The zero-order chi connectivity index (χ0) is 21.5. The van der Waals surface area contributed by atoms with Crippen LogP contribution in [-0.2, 0) is 28.5 Å². The van der Waals surface area contributed by atoms with E-state index in [1.54, 1.807) is 35.9 Å². The molecule has 1 amide bonds. The largest absolute Gasteiger partial charge is 0.481 e. The van der Waals surface area contributed by atoms with Crippen molar-refractivity contribution in [1.82, 2.24) is 9.88 Å². The number of nitrogens with zero attached hydrogens (tertiary/aromatic N) is 1. The molecule has 156 valence electrons. The van der Waals surface area contributed by atoms with Crippen molar-refractivity contribution in [3.8, 4) is 0 Å². The molecule has 0 radical (unpaired) electrons. The van der Waals surface area contributed by atoms with E-state index in [-0.39, 0.29) is 12.3 Å². The van der Waals surface area contributed by atoms with Crippen molar-refractivity contribution in [2.75, 3.05) is 13.2 Å². The molecule has 0 saturated carbocycles. The van der Waals surface area contributed by atoms with Gasteiger partial charge in [-0.05, 0) is 29.3 Å². The van der Waals surface area contributed by atoms with E-state index >= 15 is 0 Å². The summed E-state index contributed by atoms with van der Waals surface area (Å²) < 4.78 is 7.40. The van der Waals surface area contributed by atoms with Crippen LogP contribution in [0.15, 0.2) is 42.5 Å². The number of aliphatic carboxylic acids is 1. The molecule has 1 fully saturated rings. The van der Waals surface area contributed by atoms with Crippen molar-refractivity contribution in [2.24, 2.45) is 7.05 Å². The Morgan fingerprint density at radius 1 is 1.20 bits per heavy atom. The number of carboxylic acids is 1. The summed E-state index contributed by atoms with van der Waals surface area (Å²) in [7, 11) is 1.81. The fourth-order valence-corrected chi connectivity index (χ4v) is 4.31. The highest BCUT2D eigenvalue weighted by molar-refractivity contribution is 6.45. The average molecular weight is 447 g/mol. The van der Waals surface area contributed by atoms with Crippen LogP contribution in [0.25, 0.3) is 10.9 Å². The van der Waals surface area contributed by atoms with E-state index in [1.807, 2.05) is 18.2 Å². The maximum atomic E-state index is 13.2. The second-order valence-electron chi connectivity index (χ2n) is 7.49. The number of amides is 1. The maximum Gasteiger partial charge on any atom is 0.307 e. The summed E-state index contributed by atoms with van der Waals surface area (Å²) in [6.07, 6.45) is 0.572. The van der Waals surface area contributed by atoms with Crippen molar-refractivity contribution in [2.45, 2.75) is 18.4 Å². The number of nitrogens with one attached hydrogen (secondary N) is 1. The number of carbonyl (C=O) groups excluding carboxylic acids is 1. The zero-order valence-electron chi connectivity index (χ0n) is 16.2. The Morgan fingerprint density at radius 2 is 1.93 bits per heavy atom. The number of carbonyl (C=O) groups is 2. The van der Waals surface area contributed by atoms with E-state index in [2.05, 4.69) is 5.32 Å². The van der Waals surface area contributed by atoms with Gasteiger partial charge in [-0.3, -0.25) is 9.59 Å². The fraction of sp³-hybridized carbons (Fsp3) is 0.273. The van der Waals surface area contributed by atoms with Crippen LogP contribution >= 0.6 is 23.2 Å². The highest BCUT2D eigenvalue weighted by Crippen LogP contribution is 2.34. The average Bonchev–Trinajstić information content (AvgIpc) is 3.31. The molecule has 8 heteroatoms. The third kappa shape index (κ3) is 3.67. The molecule has 1 aliphatic rings. The molecule has 1 aliphatic heterocycles. The first-order valence-corrected chi connectivity index (χ1v) is 10.2. The maximum absolute atomic E-state index is 13.2. The number of aryl methyl sites for hydroxylation is 1. The smallest absolute Gasteiger partial charge is 0.307 e. The monoisotopic (exact) mass is 446 g/mol. The topological polar surface area (TPSA) is 80.6 Å². The molecule has 0 spiro atoms. The van der Waals surface area contributed by atoms with Gasteiger partial charge in [-0.1, -0.05) is 47.5 Å². The molecular weight excluding hydrogens is 427 g/mol. The Bertz CT molecular complexity index is 1130. The number of fused-ring (bicyclic) bond motifs is 1. The van der Waals surface area contributed by atoms with Crippen molar-refractivity contribution in [1.29, 1.82) is 0 Å². The van der Waals surface area contributed by atoms with Gasteiger partial charge in [-0.15, -0.1) is 0 Å². The number of rotatable bonds is 5. The number of ether oxygens (including phenoxy) is 1. The Balaban J connectivity index is 1.66. The number of benzene rings is 2. The van der Waals surface area contributed by atoms with Crippen molar-refractivity contribution in [3.05, 3.63) is 69.3 Å². The van der Waals surface area contributed by atoms with Crippen LogP contribution in [-0.4, -0.2) is 34.8 Å². The highest BCUT2D eigenvalue weighted by Gasteiger charge is 2.39. The van der Waals surface area contributed by atoms with Gasteiger partial charge in [-0.2, -0.15) is 0 Å². The van der Waals surface area contributed by atoms with Gasteiger partial charge in [0.1, 0.15) is 5.69 Å². The van der Waals surface area contributed by atoms with E-state index in [1.165, 1.54) is 0 Å². The third-order valence-electron chi connectivity index (χ3n) is 5.58. The third-order valence-corrected chi connectivity index (χ3v) is 6.40. The quantitative estimate of drug-likeness (QED) is 0.616. The summed E-state index contributed by atoms with van der Waals surface area (Å²) in [5.41, 5.74) is 2.16. The minimum Gasteiger partial charge on any atom is -0.481 e. The molecule has 1 saturated heterocycles. The molecule has 2 heterocycles. The zero-order valence-corrected chi connectivity index (χ0v) is 17.8. The summed E-state index contributed by atoms with van der Waals surface area (Å²) in [5.74, 6) is -1.13.